The van der Waals surface area contributed by atoms with Gasteiger partial charge in [0.1, 0.15) is 5.60 Å². The van der Waals surface area contributed by atoms with E-state index in [1.165, 1.54) is 6.20 Å². The van der Waals surface area contributed by atoms with Crippen LogP contribution in [0.4, 0.5) is 4.79 Å². The van der Waals surface area contributed by atoms with Gasteiger partial charge in [-0.3, -0.25) is 0 Å². The number of hydrogen-bond acceptors (Lipinski definition) is 3. The van der Waals surface area contributed by atoms with Crippen molar-refractivity contribution in [1.82, 2.24) is 4.90 Å². The lowest BCUT2D eigenvalue weighted by molar-refractivity contribution is -0.603. The molecule has 0 N–H and O–H groups in total. The lowest BCUT2D eigenvalue weighted by Crippen LogP contribution is -2.41. The predicted octanol–water partition coefficient (Wildman–Crippen LogP) is 2.27. The van der Waals surface area contributed by atoms with E-state index in [4.69, 9.17) is 16.3 Å². The van der Waals surface area contributed by atoms with Crippen LogP contribution in [-0.2, 0) is 17.7 Å². The molecule has 0 bridgehead atoms. The van der Waals surface area contributed by atoms with Crippen molar-refractivity contribution in [2.45, 2.75) is 39.3 Å². The van der Waals surface area contributed by atoms with Crippen LogP contribution in [0, 0.1) is 5.21 Å². The van der Waals surface area contributed by atoms with Gasteiger partial charge in [-0.2, -0.15) is 4.73 Å². The number of halogens is 1. The number of rotatable bonds is 0. The van der Waals surface area contributed by atoms with Gasteiger partial charge >= 0.3 is 6.09 Å². The topological polar surface area (TPSA) is 56.5 Å². The van der Waals surface area contributed by atoms with Crippen LogP contribution in [0.25, 0.3) is 0 Å². The molecule has 0 saturated carbocycles. The highest BCUT2D eigenvalue weighted by Gasteiger charge is 2.27. The minimum Gasteiger partial charge on any atom is -0.618 e. The second-order valence-electron chi connectivity index (χ2n) is 5.62. The van der Waals surface area contributed by atoms with E-state index in [-0.39, 0.29) is 11.2 Å². The predicted molar refractivity (Wildman–Crippen MR) is 70.8 cm³/mol. The van der Waals surface area contributed by atoms with Crippen molar-refractivity contribution in [3.63, 3.8) is 0 Å². The number of nitrogens with zero attached hydrogens (tertiary/aromatic N) is 2. The molecule has 1 aromatic rings. The Morgan fingerprint density at radius 2 is 2.16 bits per heavy atom. The average Bonchev–Trinajstić information content (AvgIpc) is 2.27. The summed E-state index contributed by atoms with van der Waals surface area (Å²) < 4.78 is 5.98. The molecule has 0 saturated heterocycles. The summed E-state index contributed by atoms with van der Waals surface area (Å²) in [4.78, 5) is 13.6. The van der Waals surface area contributed by atoms with Crippen LogP contribution < -0.4 is 4.73 Å². The molecule has 1 aliphatic rings. The smallest absolute Gasteiger partial charge is 0.410 e. The second kappa shape index (κ2) is 4.89. The minimum absolute atomic E-state index is 0.116. The van der Waals surface area contributed by atoms with Gasteiger partial charge in [0.05, 0.1) is 0 Å². The quantitative estimate of drug-likeness (QED) is 0.417. The van der Waals surface area contributed by atoms with Crippen molar-refractivity contribution in [3.05, 3.63) is 33.8 Å². The van der Waals surface area contributed by atoms with Gasteiger partial charge in [-0.05, 0) is 44.4 Å². The Morgan fingerprint density at radius 1 is 1.47 bits per heavy atom. The van der Waals surface area contributed by atoms with Crippen LogP contribution >= 0.6 is 11.6 Å². The molecule has 0 radical (unpaired) electrons. The summed E-state index contributed by atoms with van der Waals surface area (Å²) in [7, 11) is 0. The first-order chi connectivity index (χ1) is 8.76. The third-order valence-electron chi connectivity index (χ3n) is 2.85. The van der Waals surface area contributed by atoms with Crippen LogP contribution in [0.15, 0.2) is 12.3 Å². The summed E-state index contributed by atoms with van der Waals surface area (Å²) in [5, 5.41) is 11.5. The zero-order valence-corrected chi connectivity index (χ0v) is 12.0. The SMILES string of the molecule is CC(C)(C)OC(=O)N1CCc2c[n+]([O-])c(Cl)cc2C1. The number of carbonyl (C=O) groups is 1. The molecular weight excluding hydrogens is 268 g/mol. The van der Waals surface area contributed by atoms with Gasteiger partial charge in [0, 0.05) is 24.7 Å². The highest BCUT2D eigenvalue weighted by molar-refractivity contribution is 6.28. The number of amides is 1. The van der Waals surface area contributed by atoms with E-state index >= 15 is 0 Å². The molecule has 0 aliphatic carbocycles. The van der Waals surface area contributed by atoms with Crippen LogP contribution in [0.3, 0.4) is 0 Å². The first kappa shape index (κ1) is 13.9. The molecule has 5 nitrogen and oxygen atoms in total. The van der Waals surface area contributed by atoms with Crippen molar-refractivity contribution in [2.75, 3.05) is 6.54 Å². The van der Waals surface area contributed by atoms with Crippen molar-refractivity contribution >= 4 is 17.7 Å². The Morgan fingerprint density at radius 3 is 2.79 bits per heavy atom. The molecular formula is C13H17ClN2O3. The van der Waals surface area contributed by atoms with Crippen molar-refractivity contribution in [3.8, 4) is 0 Å². The summed E-state index contributed by atoms with van der Waals surface area (Å²) in [6.07, 6.45) is 1.77. The van der Waals surface area contributed by atoms with E-state index < -0.39 is 5.60 Å². The monoisotopic (exact) mass is 284 g/mol. The maximum atomic E-state index is 12.0. The van der Waals surface area contributed by atoms with E-state index in [0.717, 1.165) is 11.1 Å². The molecule has 0 spiro atoms. The maximum absolute atomic E-state index is 12.0. The molecule has 1 aliphatic heterocycles. The van der Waals surface area contributed by atoms with Crippen LogP contribution in [0.1, 0.15) is 31.9 Å². The van der Waals surface area contributed by atoms with E-state index in [9.17, 15) is 10.0 Å². The number of fused-ring (bicyclic) bond motifs is 1. The van der Waals surface area contributed by atoms with Crippen molar-refractivity contribution in [2.24, 2.45) is 0 Å². The summed E-state index contributed by atoms with van der Waals surface area (Å²) in [6, 6.07) is 1.61. The number of aromatic nitrogens is 1. The van der Waals surface area contributed by atoms with E-state index in [0.29, 0.717) is 24.2 Å². The highest BCUT2D eigenvalue weighted by atomic mass is 35.5. The average molecular weight is 285 g/mol. The second-order valence-corrected chi connectivity index (χ2v) is 6.01. The molecule has 1 amide bonds. The van der Waals surface area contributed by atoms with Crippen LogP contribution in [0.5, 0.6) is 0 Å². The number of carbonyl (C=O) groups excluding carboxylic acids is 1. The van der Waals surface area contributed by atoms with Gasteiger partial charge in [-0.15, -0.1) is 0 Å². The Hall–Kier alpha value is -1.49. The Kier molecular flexibility index (Phi) is 3.58. The van der Waals surface area contributed by atoms with Gasteiger partial charge in [0.2, 0.25) is 0 Å². The lowest BCUT2D eigenvalue weighted by atomic mass is 10.0. The molecule has 104 valence electrons. The van der Waals surface area contributed by atoms with Crippen LogP contribution in [-0.4, -0.2) is 23.1 Å². The summed E-state index contributed by atoms with van der Waals surface area (Å²) in [6.45, 7) is 6.47. The summed E-state index contributed by atoms with van der Waals surface area (Å²) in [5.74, 6) is 0. The Labute approximate surface area is 117 Å². The van der Waals surface area contributed by atoms with E-state index in [1.54, 1.807) is 11.0 Å². The maximum Gasteiger partial charge on any atom is 0.410 e. The molecule has 0 unspecified atom stereocenters. The molecule has 2 rings (SSSR count). The fourth-order valence-corrected chi connectivity index (χ4v) is 2.16. The third kappa shape index (κ3) is 3.29. The summed E-state index contributed by atoms with van der Waals surface area (Å²) in [5.41, 5.74) is 1.32. The molecule has 0 fully saturated rings. The highest BCUT2D eigenvalue weighted by Crippen LogP contribution is 2.21. The Bertz CT molecular complexity index is 511. The summed E-state index contributed by atoms with van der Waals surface area (Å²) >= 11 is 5.80. The fraction of sp³-hybridized carbons (Fsp3) is 0.538. The van der Waals surface area contributed by atoms with E-state index in [2.05, 4.69) is 0 Å². The molecule has 2 heterocycles. The first-order valence-electron chi connectivity index (χ1n) is 6.14. The van der Waals surface area contributed by atoms with Crippen molar-refractivity contribution in [1.29, 1.82) is 0 Å². The Balaban J connectivity index is 2.14. The lowest BCUT2D eigenvalue weighted by Gasteiger charge is -2.30. The van der Waals surface area contributed by atoms with Gasteiger partial charge in [-0.1, -0.05) is 0 Å². The minimum atomic E-state index is -0.510. The molecule has 6 heteroatoms. The van der Waals surface area contributed by atoms with Crippen molar-refractivity contribution < 1.29 is 14.3 Å². The number of pyridine rings is 1. The zero-order chi connectivity index (χ0) is 14.2. The molecule has 1 aromatic heterocycles. The normalized spacial score (nSPS) is 15.1. The number of ether oxygens (including phenoxy) is 1. The van der Waals surface area contributed by atoms with Gasteiger partial charge in [0.25, 0.3) is 5.15 Å². The van der Waals surface area contributed by atoms with Gasteiger partial charge in [-0.25, -0.2) is 4.79 Å². The third-order valence-corrected chi connectivity index (χ3v) is 3.13. The van der Waals surface area contributed by atoms with Gasteiger partial charge in [0.15, 0.2) is 6.20 Å². The zero-order valence-electron chi connectivity index (χ0n) is 11.3. The van der Waals surface area contributed by atoms with Crippen LogP contribution in [0.2, 0.25) is 5.15 Å². The van der Waals surface area contributed by atoms with Gasteiger partial charge < -0.3 is 14.8 Å². The fourth-order valence-electron chi connectivity index (χ4n) is 1.98. The largest absolute Gasteiger partial charge is 0.618 e. The molecule has 0 aromatic carbocycles. The molecule has 0 atom stereocenters. The number of hydrogen-bond donors (Lipinski definition) is 0. The standard InChI is InChI=1S/C13H17ClN2O3/c1-13(2,3)19-12(17)15-5-4-9-8-16(18)11(14)6-10(9)7-15/h6,8H,4-5,7H2,1-3H3. The van der Waals surface area contributed by atoms with E-state index in [1.807, 2.05) is 20.8 Å². The first-order valence-corrected chi connectivity index (χ1v) is 6.52. The molecule has 19 heavy (non-hydrogen) atoms.